The molecule has 0 saturated heterocycles. The molecule has 0 radical (unpaired) electrons. The van der Waals surface area contributed by atoms with Gasteiger partial charge in [-0.25, -0.2) is 0 Å². The number of ether oxygens (including phenoxy) is 1. The lowest BCUT2D eigenvalue weighted by Gasteiger charge is -2.05. The first-order valence-electron chi connectivity index (χ1n) is 6.17. The van der Waals surface area contributed by atoms with Gasteiger partial charge in [-0.05, 0) is 36.2 Å². The fourth-order valence-electron chi connectivity index (χ4n) is 1.46. The number of hydrogen-bond acceptors (Lipinski definition) is 3. The normalized spacial score (nSPS) is 10.6. The number of nitrogens with one attached hydrogen (secondary N) is 1. The second kappa shape index (κ2) is 8.26. The Labute approximate surface area is 116 Å². The zero-order valence-corrected chi connectivity index (χ0v) is 12.5. The number of carbonyl (C=O) groups excluding carboxylic acids is 1. The zero-order valence-electron chi connectivity index (χ0n) is 10.9. The van der Waals surface area contributed by atoms with Crippen molar-refractivity contribution in [3.8, 4) is 0 Å². The van der Waals surface area contributed by atoms with Gasteiger partial charge in [0.15, 0.2) is 0 Å². The topological polar surface area (TPSA) is 56.1 Å². The van der Waals surface area contributed by atoms with E-state index in [2.05, 4.69) is 26.3 Å². The molecule has 102 valence electrons. The molecule has 0 aliphatic carbocycles. The van der Waals surface area contributed by atoms with E-state index in [1.807, 2.05) is 20.0 Å². The number of nitrogens with zero attached hydrogens (tertiary/aromatic N) is 2. The monoisotopic (exact) mass is 317 g/mol. The van der Waals surface area contributed by atoms with Crippen LogP contribution in [0.25, 0.3) is 0 Å². The number of aromatic nitrogens is 2. The van der Waals surface area contributed by atoms with Crippen molar-refractivity contribution in [2.24, 2.45) is 0 Å². The van der Waals surface area contributed by atoms with Gasteiger partial charge in [0.25, 0.3) is 0 Å². The Morgan fingerprint density at radius 2 is 2.39 bits per heavy atom. The van der Waals surface area contributed by atoms with E-state index < -0.39 is 0 Å². The lowest BCUT2D eigenvalue weighted by molar-refractivity contribution is -0.121. The highest BCUT2D eigenvalue weighted by atomic mass is 79.9. The van der Waals surface area contributed by atoms with Crippen molar-refractivity contribution in [2.75, 3.05) is 19.8 Å². The molecule has 0 spiro atoms. The average Bonchev–Trinajstić information content (AvgIpc) is 2.66. The van der Waals surface area contributed by atoms with E-state index in [-0.39, 0.29) is 5.91 Å². The first-order valence-corrected chi connectivity index (χ1v) is 6.96. The summed E-state index contributed by atoms with van der Waals surface area (Å²) >= 11 is 3.39. The Balaban J connectivity index is 2.13. The molecular weight excluding hydrogens is 298 g/mol. The molecular formula is C12H20BrN3O2. The van der Waals surface area contributed by atoms with Crippen LogP contribution in [-0.2, 0) is 16.1 Å². The maximum absolute atomic E-state index is 11.5. The number of hydrogen-bond donors (Lipinski definition) is 1. The summed E-state index contributed by atoms with van der Waals surface area (Å²) < 4.78 is 7.94. The molecule has 0 saturated carbocycles. The molecule has 0 aliphatic rings. The maximum Gasteiger partial charge on any atom is 0.221 e. The molecule has 18 heavy (non-hydrogen) atoms. The van der Waals surface area contributed by atoms with Crippen molar-refractivity contribution >= 4 is 21.8 Å². The van der Waals surface area contributed by atoms with E-state index in [9.17, 15) is 4.79 Å². The van der Waals surface area contributed by atoms with E-state index in [0.717, 1.165) is 23.2 Å². The molecule has 6 heteroatoms. The predicted octanol–water partition coefficient (Wildman–Crippen LogP) is 1.89. The fraction of sp³-hybridized carbons (Fsp3) is 0.667. The summed E-state index contributed by atoms with van der Waals surface area (Å²) in [6, 6.07) is 0. The molecule has 0 aliphatic heterocycles. The van der Waals surface area contributed by atoms with Gasteiger partial charge in [-0.3, -0.25) is 9.48 Å². The highest BCUT2D eigenvalue weighted by molar-refractivity contribution is 9.10. The number of rotatable bonds is 8. The van der Waals surface area contributed by atoms with Crippen LogP contribution >= 0.6 is 15.9 Å². The van der Waals surface area contributed by atoms with Crippen molar-refractivity contribution in [1.29, 1.82) is 0 Å². The van der Waals surface area contributed by atoms with Crippen LogP contribution in [0.5, 0.6) is 0 Å². The Bertz CT molecular complexity index is 360. The molecule has 1 aromatic rings. The summed E-state index contributed by atoms with van der Waals surface area (Å²) in [5.41, 5.74) is 0.937. The lowest BCUT2D eigenvalue weighted by Crippen LogP contribution is -2.26. The van der Waals surface area contributed by atoms with Crippen molar-refractivity contribution in [3.63, 3.8) is 0 Å². The van der Waals surface area contributed by atoms with Crippen LogP contribution in [0.2, 0.25) is 0 Å². The highest BCUT2D eigenvalue weighted by Crippen LogP contribution is 2.13. The maximum atomic E-state index is 11.5. The van der Waals surface area contributed by atoms with E-state index in [4.69, 9.17) is 4.74 Å². The van der Waals surface area contributed by atoms with Crippen LogP contribution in [-0.4, -0.2) is 35.4 Å². The zero-order chi connectivity index (χ0) is 13.4. The van der Waals surface area contributed by atoms with Crippen molar-refractivity contribution in [3.05, 3.63) is 16.4 Å². The van der Waals surface area contributed by atoms with E-state index in [1.165, 1.54) is 0 Å². The molecule has 0 aromatic carbocycles. The molecule has 1 heterocycles. The molecule has 1 rings (SSSR count). The third-order valence-electron chi connectivity index (χ3n) is 2.45. The van der Waals surface area contributed by atoms with Crippen LogP contribution in [0, 0.1) is 6.92 Å². The van der Waals surface area contributed by atoms with Crippen molar-refractivity contribution < 1.29 is 9.53 Å². The second-order valence-electron chi connectivity index (χ2n) is 3.98. The van der Waals surface area contributed by atoms with Gasteiger partial charge < -0.3 is 10.1 Å². The van der Waals surface area contributed by atoms with Gasteiger partial charge in [0.2, 0.25) is 5.91 Å². The summed E-state index contributed by atoms with van der Waals surface area (Å²) in [5, 5.41) is 7.13. The minimum absolute atomic E-state index is 0.0516. The summed E-state index contributed by atoms with van der Waals surface area (Å²) in [5.74, 6) is 0.0516. The van der Waals surface area contributed by atoms with Gasteiger partial charge >= 0.3 is 0 Å². The molecule has 1 amide bonds. The highest BCUT2D eigenvalue weighted by Gasteiger charge is 2.04. The van der Waals surface area contributed by atoms with E-state index >= 15 is 0 Å². The standard InChI is InChI=1S/C12H20BrN3O2/c1-3-18-8-4-6-14-12(17)5-7-16-9-11(13)10(2)15-16/h9H,3-8H2,1-2H3,(H,14,17). The van der Waals surface area contributed by atoms with Gasteiger partial charge in [-0.2, -0.15) is 5.10 Å². The Kier molecular flexibility index (Phi) is 6.97. The minimum Gasteiger partial charge on any atom is -0.382 e. The van der Waals surface area contributed by atoms with Gasteiger partial charge in [-0.1, -0.05) is 0 Å². The molecule has 1 N–H and O–H groups in total. The van der Waals surface area contributed by atoms with Gasteiger partial charge in [0.05, 0.1) is 10.2 Å². The number of amides is 1. The summed E-state index contributed by atoms with van der Waals surface area (Å²) in [4.78, 5) is 11.5. The van der Waals surface area contributed by atoms with Crippen LogP contribution in [0.4, 0.5) is 0 Å². The van der Waals surface area contributed by atoms with E-state index in [1.54, 1.807) is 4.68 Å². The first kappa shape index (κ1) is 15.2. The molecule has 0 fully saturated rings. The van der Waals surface area contributed by atoms with Crippen LogP contribution < -0.4 is 5.32 Å². The number of halogens is 1. The Morgan fingerprint density at radius 3 is 3.00 bits per heavy atom. The summed E-state index contributed by atoms with van der Waals surface area (Å²) in [7, 11) is 0. The SMILES string of the molecule is CCOCCCNC(=O)CCn1cc(Br)c(C)n1. The molecule has 0 unspecified atom stereocenters. The second-order valence-corrected chi connectivity index (χ2v) is 4.83. The summed E-state index contributed by atoms with van der Waals surface area (Å²) in [6.07, 6.45) is 3.19. The van der Waals surface area contributed by atoms with Gasteiger partial charge in [0.1, 0.15) is 0 Å². The number of aryl methyl sites for hydroxylation is 2. The predicted molar refractivity (Wildman–Crippen MR) is 73.4 cm³/mol. The van der Waals surface area contributed by atoms with Crippen LogP contribution in [0.15, 0.2) is 10.7 Å². The van der Waals surface area contributed by atoms with Crippen LogP contribution in [0.1, 0.15) is 25.5 Å². The van der Waals surface area contributed by atoms with Crippen molar-refractivity contribution in [1.82, 2.24) is 15.1 Å². The third kappa shape index (κ3) is 5.64. The number of carbonyl (C=O) groups is 1. The Hall–Kier alpha value is -0.880. The fourth-order valence-corrected chi connectivity index (χ4v) is 1.77. The molecule has 1 aromatic heterocycles. The quantitative estimate of drug-likeness (QED) is 0.745. The molecule has 0 atom stereocenters. The van der Waals surface area contributed by atoms with E-state index in [0.29, 0.717) is 26.1 Å². The largest absolute Gasteiger partial charge is 0.382 e. The van der Waals surface area contributed by atoms with Crippen LogP contribution in [0.3, 0.4) is 0 Å². The average molecular weight is 318 g/mol. The minimum atomic E-state index is 0.0516. The molecule has 5 nitrogen and oxygen atoms in total. The lowest BCUT2D eigenvalue weighted by atomic mass is 10.3. The van der Waals surface area contributed by atoms with Gasteiger partial charge in [-0.15, -0.1) is 0 Å². The third-order valence-corrected chi connectivity index (χ3v) is 3.22. The Morgan fingerprint density at radius 1 is 1.61 bits per heavy atom. The first-order chi connectivity index (χ1) is 8.63. The smallest absolute Gasteiger partial charge is 0.221 e. The van der Waals surface area contributed by atoms with Crippen molar-refractivity contribution in [2.45, 2.75) is 33.2 Å². The summed E-state index contributed by atoms with van der Waals surface area (Å²) in [6.45, 7) is 6.57. The molecule has 0 bridgehead atoms. The van der Waals surface area contributed by atoms with Gasteiger partial charge in [0, 0.05) is 38.9 Å².